The number of thioether (sulfide) groups is 1. The molecule has 1 aliphatic heterocycles. The van der Waals surface area contributed by atoms with Gasteiger partial charge in [0.05, 0.1) is 0 Å². The highest BCUT2D eigenvalue weighted by Crippen LogP contribution is 2.24. The van der Waals surface area contributed by atoms with E-state index in [0.29, 0.717) is 13.1 Å². The molecular weight excluding hydrogens is 172 g/mol. The zero-order valence-electron chi connectivity index (χ0n) is 7.45. The smallest absolute Gasteiger partial charge is 0.226 e. The molecule has 0 spiro atoms. The average molecular weight is 188 g/mol. The first-order valence-corrected chi connectivity index (χ1v) is 5.44. The van der Waals surface area contributed by atoms with Gasteiger partial charge in [0.25, 0.3) is 0 Å². The van der Waals surface area contributed by atoms with Crippen LogP contribution in [0.4, 0.5) is 0 Å². The van der Waals surface area contributed by atoms with Crippen LogP contribution in [0.15, 0.2) is 0 Å². The highest BCUT2D eigenvalue weighted by atomic mass is 32.2. The Hall–Kier alpha value is -0.220. The average Bonchev–Trinajstić information content (AvgIpc) is 2.55. The summed E-state index contributed by atoms with van der Waals surface area (Å²) in [7, 11) is 1.83. The monoisotopic (exact) mass is 188 g/mol. The normalized spacial score (nSPS) is 22.7. The zero-order valence-corrected chi connectivity index (χ0v) is 8.27. The van der Waals surface area contributed by atoms with Gasteiger partial charge in [-0.15, -0.1) is 0 Å². The van der Waals surface area contributed by atoms with Crippen molar-refractivity contribution in [3.8, 4) is 0 Å². The SMILES string of the molecule is CN(CCN)C(=O)C1CCSC1. The first-order valence-electron chi connectivity index (χ1n) is 4.28. The maximum Gasteiger partial charge on any atom is 0.226 e. The van der Waals surface area contributed by atoms with Crippen molar-refractivity contribution in [2.24, 2.45) is 11.7 Å². The second kappa shape index (κ2) is 4.72. The molecule has 1 amide bonds. The molecule has 1 fully saturated rings. The highest BCUT2D eigenvalue weighted by molar-refractivity contribution is 7.99. The van der Waals surface area contributed by atoms with Crippen LogP contribution in [-0.2, 0) is 4.79 Å². The van der Waals surface area contributed by atoms with Crippen molar-refractivity contribution in [1.29, 1.82) is 0 Å². The molecule has 3 nitrogen and oxygen atoms in total. The Morgan fingerprint density at radius 1 is 1.75 bits per heavy atom. The lowest BCUT2D eigenvalue weighted by Crippen LogP contribution is -2.36. The molecule has 0 aromatic heterocycles. The Bertz CT molecular complexity index is 157. The van der Waals surface area contributed by atoms with Crippen LogP contribution in [0.3, 0.4) is 0 Å². The number of likely N-dealkylation sites (N-methyl/N-ethyl adjacent to an activating group) is 1. The van der Waals surface area contributed by atoms with Gasteiger partial charge < -0.3 is 10.6 Å². The van der Waals surface area contributed by atoms with E-state index in [1.165, 1.54) is 0 Å². The van der Waals surface area contributed by atoms with Crippen LogP contribution in [0.25, 0.3) is 0 Å². The molecule has 0 aromatic rings. The number of hydrogen-bond donors (Lipinski definition) is 1. The lowest BCUT2D eigenvalue weighted by molar-refractivity contribution is -0.133. The zero-order chi connectivity index (χ0) is 8.97. The second-order valence-electron chi connectivity index (χ2n) is 3.11. The number of nitrogens with two attached hydrogens (primary N) is 1. The Kier molecular flexibility index (Phi) is 3.88. The minimum absolute atomic E-state index is 0.256. The van der Waals surface area contributed by atoms with Crippen LogP contribution in [-0.4, -0.2) is 42.4 Å². The summed E-state index contributed by atoms with van der Waals surface area (Å²) in [5, 5.41) is 0. The molecule has 0 radical (unpaired) electrons. The summed E-state index contributed by atoms with van der Waals surface area (Å²) in [6.07, 6.45) is 1.04. The van der Waals surface area contributed by atoms with E-state index >= 15 is 0 Å². The van der Waals surface area contributed by atoms with Gasteiger partial charge in [-0.25, -0.2) is 0 Å². The van der Waals surface area contributed by atoms with Crippen LogP contribution < -0.4 is 5.73 Å². The Labute approximate surface area is 77.7 Å². The molecule has 1 unspecified atom stereocenters. The third kappa shape index (κ3) is 2.38. The van der Waals surface area contributed by atoms with E-state index in [2.05, 4.69) is 0 Å². The number of carbonyl (C=O) groups excluding carboxylic acids is 1. The quantitative estimate of drug-likeness (QED) is 0.686. The predicted molar refractivity (Wildman–Crippen MR) is 52.1 cm³/mol. The van der Waals surface area contributed by atoms with E-state index in [1.807, 2.05) is 18.8 Å². The maximum absolute atomic E-state index is 11.6. The van der Waals surface area contributed by atoms with Crippen molar-refractivity contribution < 1.29 is 4.79 Å². The van der Waals surface area contributed by atoms with Gasteiger partial charge in [-0.2, -0.15) is 11.8 Å². The third-order valence-electron chi connectivity index (χ3n) is 2.12. The van der Waals surface area contributed by atoms with Gasteiger partial charge >= 0.3 is 0 Å². The first kappa shape index (κ1) is 9.86. The van der Waals surface area contributed by atoms with Gasteiger partial charge in [0.1, 0.15) is 0 Å². The molecule has 0 bridgehead atoms. The molecule has 0 saturated carbocycles. The summed E-state index contributed by atoms with van der Waals surface area (Å²) in [5.74, 6) is 2.65. The molecule has 12 heavy (non-hydrogen) atoms. The van der Waals surface area contributed by atoms with E-state index in [4.69, 9.17) is 5.73 Å². The Morgan fingerprint density at radius 2 is 2.50 bits per heavy atom. The van der Waals surface area contributed by atoms with E-state index < -0.39 is 0 Å². The van der Waals surface area contributed by atoms with Crippen molar-refractivity contribution in [2.75, 3.05) is 31.6 Å². The molecule has 1 aliphatic rings. The van der Waals surface area contributed by atoms with Crippen LogP contribution in [0.5, 0.6) is 0 Å². The van der Waals surface area contributed by atoms with Gasteiger partial charge in [0.15, 0.2) is 0 Å². The predicted octanol–water partition coefficient (Wildman–Crippen LogP) is 0.157. The fourth-order valence-electron chi connectivity index (χ4n) is 1.34. The topological polar surface area (TPSA) is 46.3 Å². The maximum atomic E-state index is 11.6. The molecule has 1 saturated heterocycles. The van der Waals surface area contributed by atoms with Crippen molar-refractivity contribution in [2.45, 2.75) is 6.42 Å². The number of amides is 1. The number of hydrogen-bond acceptors (Lipinski definition) is 3. The summed E-state index contributed by atoms with van der Waals surface area (Å²) in [5.41, 5.74) is 5.37. The Balaban J connectivity index is 2.34. The standard InChI is InChI=1S/C8H16N2OS/c1-10(4-3-9)8(11)7-2-5-12-6-7/h7H,2-6,9H2,1H3. The van der Waals surface area contributed by atoms with Gasteiger partial charge in [-0.05, 0) is 12.2 Å². The van der Waals surface area contributed by atoms with Crippen molar-refractivity contribution in [3.63, 3.8) is 0 Å². The number of rotatable bonds is 3. The fraction of sp³-hybridized carbons (Fsp3) is 0.875. The minimum atomic E-state index is 0.256. The molecule has 2 N–H and O–H groups in total. The van der Waals surface area contributed by atoms with Crippen molar-refractivity contribution in [1.82, 2.24) is 4.90 Å². The molecule has 4 heteroatoms. The molecule has 0 aliphatic carbocycles. The minimum Gasteiger partial charge on any atom is -0.344 e. The van der Waals surface area contributed by atoms with Crippen molar-refractivity contribution >= 4 is 17.7 Å². The van der Waals surface area contributed by atoms with E-state index in [1.54, 1.807) is 4.90 Å². The largest absolute Gasteiger partial charge is 0.344 e. The van der Waals surface area contributed by atoms with Gasteiger partial charge in [-0.1, -0.05) is 0 Å². The van der Waals surface area contributed by atoms with Crippen LogP contribution in [0.1, 0.15) is 6.42 Å². The third-order valence-corrected chi connectivity index (χ3v) is 3.28. The van der Waals surface area contributed by atoms with E-state index in [-0.39, 0.29) is 11.8 Å². The molecule has 1 heterocycles. The summed E-state index contributed by atoms with van der Waals surface area (Å²) in [6, 6.07) is 0. The lowest BCUT2D eigenvalue weighted by Gasteiger charge is -2.19. The van der Waals surface area contributed by atoms with Crippen LogP contribution in [0.2, 0.25) is 0 Å². The van der Waals surface area contributed by atoms with Crippen LogP contribution >= 0.6 is 11.8 Å². The van der Waals surface area contributed by atoms with Crippen LogP contribution in [0, 0.1) is 5.92 Å². The van der Waals surface area contributed by atoms with Crippen molar-refractivity contribution in [3.05, 3.63) is 0 Å². The number of carbonyl (C=O) groups is 1. The van der Waals surface area contributed by atoms with Gasteiger partial charge in [0, 0.05) is 31.8 Å². The number of nitrogens with zero attached hydrogens (tertiary/aromatic N) is 1. The Morgan fingerprint density at radius 3 is 3.00 bits per heavy atom. The molecule has 0 aromatic carbocycles. The summed E-state index contributed by atoms with van der Waals surface area (Å²) in [6.45, 7) is 1.24. The second-order valence-corrected chi connectivity index (χ2v) is 4.26. The van der Waals surface area contributed by atoms with E-state index in [9.17, 15) is 4.79 Å². The molecule has 1 atom stereocenters. The summed E-state index contributed by atoms with van der Waals surface area (Å²) < 4.78 is 0. The van der Waals surface area contributed by atoms with Gasteiger partial charge in [0.2, 0.25) is 5.91 Å². The molecular formula is C8H16N2OS. The molecule has 1 rings (SSSR count). The summed E-state index contributed by atoms with van der Waals surface area (Å²) >= 11 is 1.87. The summed E-state index contributed by atoms with van der Waals surface area (Å²) in [4.78, 5) is 13.3. The van der Waals surface area contributed by atoms with Gasteiger partial charge in [-0.3, -0.25) is 4.79 Å². The highest BCUT2D eigenvalue weighted by Gasteiger charge is 2.25. The van der Waals surface area contributed by atoms with E-state index in [0.717, 1.165) is 17.9 Å². The first-order chi connectivity index (χ1) is 5.75. The fourth-order valence-corrected chi connectivity index (χ4v) is 2.56. The molecule has 70 valence electrons. The lowest BCUT2D eigenvalue weighted by atomic mass is 10.1.